The Morgan fingerprint density at radius 2 is 1.65 bits per heavy atom. The summed E-state index contributed by atoms with van der Waals surface area (Å²) in [7, 11) is 0. The number of carbonyl (C=O) groups is 2. The number of amides is 1. The average Bonchev–Trinajstić information content (AvgIpc) is 2.81. The first-order valence-electron chi connectivity index (χ1n) is 10.1. The second-order valence-corrected chi connectivity index (χ2v) is 7.89. The molecule has 3 aromatic rings. The summed E-state index contributed by atoms with van der Waals surface area (Å²) < 4.78 is 5.18. The predicted octanol–water partition coefficient (Wildman–Crippen LogP) is 4.35. The maximum absolute atomic E-state index is 12.3. The van der Waals surface area contributed by atoms with Crippen LogP contribution in [-0.4, -0.2) is 33.4 Å². The molecule has 11 nitrogen and oxygen atoms in total. The largest absolute Gasteiger partial charge is 0.462 e. The number of benzene rings is 2. The fraction of sp³-hybridized carbons (Fsp3) is 0.182. The summed E-state index contributed by atoms with van der Waals surface area (Å²) in [6.07, 6.45) is 1.10. The van der Waals surface area contributed by atoms with Gasteiger partial charge >= 0.3 is 11.7 Å². The molecule has 0 atom stereocenters. The number of hydrogen-bond donors (Lipinski definition) is 3. The van der Waals surface area contributed by atoms with Crippen molar-refractivity contribution in [3.63, 3.8) is 0 Å². The highest BCUT2D eigenvalue weighted by atomic mass is 35.5. The van der Waals surface area contributed by atoms with E-state index in [9.17, 15) is 19.7 Å². The van der Waals surface area contributed by atoms with Crippen LogP contribution >= 0.6 is 11.6 Å². The summed E-state index contributed by atoms with van der Waals surface area (Å²) >= 11 is 5.81. The van der Waals surface area contributed by atoms with Gasteiger partial charge in [-0.3, -0.25) is 25.8 Å². The van der Waals surface area contributed by atoms with E-state index >= 15 is 0 Å². The van der Waals surface area contributed by atoms with E-state index in [1.807, 2.05) is 13.8 Å². The van der Waals surface area contributed by atoms with Crippen molar-refractivity contribution in [2.75, 3.05) is 17.3 Å². The zero-order chi connectivity index (χ0) is 24.7. The Morgan fingerprint density at radius 3 is 2.26 bits per heavy atom. The average molecular weight is 485 g/mol. The number of hydrogen-bond acceptors (Lipinski definition) is 9. The van der Waals surface area contributed by atoms with E-state index in [0.717, 1.165) is 6.33 Å². The Hall–Kier alpha value is -4.25. The number of nitrogens with one attached hydrogen (secondary N) is 3. The first kappa shape index (κ1) is 24.4. The zero-order valence-electron chi connectivity index (χ0n) is 18.2. The van der Waals surface area contributed by atoms with Crippen molar-refractivity contribution in [3.8, 4) is 0 Å². The molecule has 2 aromatic carbocycles. The third-order valence-electron chi connectivity index (χ3n) is 4.34. The molecule has 1 heterocycles. The molecule has 0 saturated carbocycles. The van der Waals surface area contributed by atoms with Crippen LogP contribution in [0.15, 0.2) is 54.9 Å². The molecule has 176 valence electrons. The van der Waals surface area contributed by atoms with Gasteiger partial charge in [-0.05, 0) is 54.4 Å². The number of esters is 1. The van der Waals surface area contributed by atoms with Crippen LogP contribution in [0.1, 0.15) is 34.6 Å². The van der Waals surface area contributed by atoms with E-state index in [4.69, 9.17) is 16.3 Å². The van der Waals surface area contributed by atoms with Crippen LogP contribution in [0.3, 0.4) is 0 Å². The van der Waals surface area contributed by atoms with E-state index < -0.39 is 22.5 Å². The number of anilines is 3. The molecule has 3 N–H and O–H groups in total. The molecule has 0 aliphatic carbocycles. The van der Waals surface area contributed by atoms with Gasteiger partial charge in [-0.2, -0.15) is 0 Å². The second-order valence-electron chi connectivity index (χ2n) is 7.46. The molecule has 12 heteroatoms. The fourth-order valence-electron chi connectivity index (χ4n) is 2.68. The molecular weight excluding hydrogens is 464 g/mol. The Kier molecular flexibility index (Phi) is 7.93. The molecule has 0 fully saturated rings. The molecule has 0 saturated heterocycles. The number of hydrazine groups is 1. The maximum Gasteiger partial charge on any atom is 0.355 e. The number of halogens is 1. The predicted molar refractivity (Wildman–Crippen MR) is 126 cm³/mol. The number of carbonyl (C=O) groups excluding carboxylic acids is 2. The van der Waals surface area contributed by atoms with E-state index in [1.54, 1.807) is 24.3 Å². The highest BCUT2D eigenvalue weighted by molar-refractivity contribution is 6.30. The Bertz CT molecular complexity index is 1190. The molecule has 3 rings (SSSR count). The second kappa shape index (κ2) is 11.1. The summed E-state index contributed by atoms with van der Waals surface area (Å²) in [5.74, 6) is -1.13. The van der Waals surface area contributed by atoms with Crippen molar-refractivity contribution in [3.05, 3.63) is 81.1 Å². The van der Waals surface area contributed by atoms with Crippen molar-refractivity contribution in [2.24, 2.45) is 5.92 Å². The monoisotopic (exact) mass is 484 g/mol. The highest BCUT2D eigenvalue weighted by Crippen LogP contribution is 2.30. The minimum absolute atomic E-state index is 0.113. The Labute approximate surface area is 199 Å². The number of aromatic nitrogens is 2. The third-order valence-corrected chi connectivity index (χ3v) is 4.59. The summed E-state index contributed by atoms with van der Waals surface area (Å²) in [4.78, 5) is 43.1. The van der Waals surface area contributed by atoms with Gasteiger partial charge in [0.25, 0.3) is 5.91 Å². The van der Waals surface area contributed by atoms with Gasteiger partial charge in [-0.15, -0.1) is 0 Å². The van der Waals surface area contributed by atoms with Crippen molar-refractivity contribution in [1.29, 1.82) is 0 Å². The molecule has 1 aromatic heterocycles. The van der Waals surface area contributed by atoms with Crippen molar-refractivity contribution in [2.45, 2.75) is 13.8 Å². The molecule has 0 spiro atoms. The smallest absolute Gasteiger partial charge is 0.355 e. The van der Waals surface area contributed by atoms with Crippen LogP contribution < -0.4 is 16.2 Å². The van der Waals surface area contributed by atoms with Crippen molar-refractivity contribution >= 4 is 46.5 Å². The van der Waals surface area contributed by atoms with Gasteiger partial charge in [0, 0.05) is 16.3 Å². The van der Waals surface area contributed by atoms with Crippen LogP contribution in [0, 0.1) is 16.0 Å². The third kappa shape index (κ3) is 6.39. The lowest BCUT2D eigenvalue weighted by molar-refractivity contribution is -0.383. The van der Waals surface area contributed by atoms with Gasteiger partial charge in [0.05, 0.1) is 17.1 Å². The summed E-state index contributed by atoms with van der Waals surface area (Å²) in [6.45, 7) is 4.17. The van der Waals surface area contributed by atoms with Gasteiger partial charge in [0.1, 0.15) is 6.33 Å². The van der Waals surface area contributed by atoms with Crippen molar-refractivity contribution < 1.29 is 19.2 Å². The van der Waals surface area contributed by atoms with E-state index in [1.165, 1.54) is 24.3 Å². The van der Waals surface area contributed by atoms with E-state index in [-0.39, 0.29) is 17.6 Å². The first-order chi connectivity index (χ1) is 16.2. The normalized spacial score (nSPS) is 10.5. The zero-order valence-corrected chi connectivity index (χ0v) is 19.0. The first-order valence-corrected chi connectivity index (χ1v) is 10.5. The number of nitrogens with zero attached hydrogens (tertiary/aromatic N) is 3. The van der Waals surface area contributed by atoms with Gasteiger partial charge < -0.3 is 10.1 Å². The molecule has 0 radical (unpaired) electrons. The van der Waals surface area contributed by atoms with Crippen LogP contribution in [0.2, 0.25) is 5.02 Å². The van der Waals surface area contributed by atoms with Gasteiger partial charge in [-0.25, -0.2) is 14.8 Å². The summed E-state index contributed by atoms with van der Waals surface area (Å²) in [5, 5.41) is 15.0. The standard InChI is InChI=1S/C22H21ClN6O5/c1-13(2)11-34-22(31)15-5-9-17(10-6-15)26-19-18(29(32)33)20(25-12-24-19)27-28-21(30)14-3-7-16(23)8-4-14/h3-10,12-13H,11H2,1-2H3,(H,28,30)(H2,24,25,26,27). The lowest BCUT2D eigenvalue weighted by Gasteiger charge is -2.11. The summed E-state index contributed by atoms with van der Waals surface area (Å²) in [6, 6.07) is 12.3. The molecule has 34 heavy (non-hydrogen) atoms. The molecule has 0 bridgehead atoms. The minimum atomic E-state index is -0.684. The van der Waals surface area contributed by atoms with Crippen LogP contribution in [-0.2, 0) is 4.74 Å². The molecule has 0 unspecified atom stereocenters. The SMILES string of the molecule is CC(C)COC(=O)c1ccc(Nc2ncnc(NNC(=O)c3ccc(Cl)cc3)c2[N+](=O)[O-])cc1. The topological polar surface area (TPSA) is 148 Å². The molecule has 1 amide bonds. The fourth-order valence-corrected chi connectivity index (χ4v) is 2.80. The quantitative estimate of drug-likeness (QED) is 0.229. The van der Waals surface area contributed by atoms with Gasteiger partial charge in [0.2, 0.25) is 11.6 Å². The van der Waals surface area contributed by atoms with E-state index in [0.29, 0.717) is 28.4 Å². The van der Waals surface area contributed by atoms with Crippen LogP contribution in [0.25, 0.3) is 0 Å². The number of rotatable bonds is 9. The summed E-state index contributed by atoms with van der Waals surface area (Å²) in [5.41, 5.74) is 5.40. The van der Waals surface area contributed by atoms with Crippen LogP contribution in [0.5, 0.6) is 0 Å². The minimum Gasteiger partial charge on any atom is -0.462 e. The van der Waals surface area contributed by atoms with Crippen molar-refractivity contribution in [1.82, 2.24) is 15.4 Å². The Morgan fingerprint density at radius 1 is 1.03 bits per heavy atom. The van der Waals surface area contributed by atoms with Crippen LogP contribution in [0.4, 0.5) is 23.0 Å². The number of ether oxygens (including phenoxy) is 1. The lowest BCUT2D eigenvalue weighted by Crippen LogP contribution is -2.30. The lowest BCUT2D eigenvalue weighted by atomic mass is 10.2. The highest BCUT2D eigenvalue weighted by Gasteiger charge is 2.24. The molecule has 0 aliphatic heterocycles. The Balaban J connectivity index is 1.73. The van der Waals surface area contributed by atoms with E-state index in [2.05, 4.69) is 26.1 Å². The molecule has 0 aliphatic rings. The maximum atomic E-state index is 12.3. The number of nitro groups is 1. The van der Waals surface area contributed by atoms with Gasteiger partial charge in [-0.1, -0.05) is 25.4 Å². The molecular formula is C22H21ClN6O5. The van der Waals surface area contributed by atoms with Gasteiger partial charge in [0.15, 0.2) is 0 Å².